The molecule has 6 aromatic rings. The molecule has 0 aliphatic heterocycles. The number of carbonyl (C=O) groups is 1. The molecule has 1 radical (unpaired) electrons. The SMILES string of the molecule is CCC(C)(CC)C(=O)/C=C(\O)C(C)(CC)CC.Cc1csc2c(-c3sc4c(-c5[c-]c6ccccc6c(C(C)(C)C)c5)nccc4c3C)cccc12.[Ir]. The Morgan fingerprint density at radius 1 is 0.827 bits per heavy atom. The summed E-state index contributed by atoms with van der Waals surface area (Å²) >= 11 is 3.71. The van der Waals surface area contributed by atoms with E-state index in [1.165, 1.54) is 58.8 Å². The van der Waals surface area contributed by atoms with Crippen LogP contribution in [-0.4, -0.2) is 15.9 Å². The van der Waals surface area contributed by atoms with Gasteiger partial charge in [-0.1, -0.05) is 110 Å². The molecule has 0 aliphatic rings. The third kappa shape index (κ3) is 8.02. The predicted molar refractivity (Wildman–Crippen MR) is 223 cm³/mol. The standard InChI is InChI=1S/C31H26NS2.C15H28O2.Ir/c1-18-17-33-29-22(18)11-8-12-25(29)28-19(2)23-13-14-32-27(30(23)34-28)21-15-20-9-6-7-10-24(20)26(16-21)31(3,4)5;1-7-14(5,8-2)12(16)11-13(17)15(6,9-3)10-4;/h6-14,16-17H,1-5H3;11,16H,7-10H2,1-6H3;/q-1;;/b;12-11-;. The number of aryl methyl sites for hydroxylation is 2. The van der Waals surface area contributed by atoms with Crippen molar-refractivity contribution in [2.75, 3.05) is 0 Å². The van der Waals surface area contributed by atoms with Crippen LogP contribution in [0.4, 0.5) is 0 Å². The zero-order valence-corrected chi connectivity index (χ0v) is 36.7. The molecule has 1 N–H and O–H groups in total. The average molecular weight is 909 g/mol. The number of pyridine rings is 1. The number of hydrogen-bond acceptors (Lipinski definition) is 5. The molecule has 52 heavy (non-hydrogen) atoms. The summed E-state index contributed by atoms with van der Waals surface area (Å²) in [6, 6.07) is 23.4. The molecule has 6 rings (SSSR count). The second-order valence-corrected chi connectivity index (χ2v) is 17.4. The van der Waals surface area contributed by atoms with E-state index in [2.05, 4.69) is 101 Å². The topological polar surface area (TPSA) is 50.2 Å². The van der Waals surface area contributed by atoms with E-state index in [9.17, 15) is 9.90 Å². The van der Waals surface area contributed by atoms with Gasteiger partial charge in [-0.15, -0.1) is 51.8 Å². The Balaban J connectivity index is 0.000000289. The molecular formula is C46H54IrNO2S2-. The summed E-state index contributed by atoms with van der Waals surface area (Å²) in [7, 11) is 0. The van der Waals surface area contributed by atoms with E-state index >= 15 is 0 Å². The van der Waals surface area contributed by atoms with Crippen LogP contribution in [0.3, 0.4) is 0 Å². The summed E-state index contributed by atoms with van der Waals surface area (Å²) < 4.78 is 2.61. The molecule has 0 amide bonds. The van der Waals surface area contributed by atoms with Crippen molar-refractivity contribution in [1.29, 1.82) is 0 Å². The number of fused-ring (bicyclic) bond motifs is 3. The molecule has 0 bridgehead atoms. The van der Waals surface area contributed by atoms with Crippen LogP contribution in [0.2, 0.25) is 0 Å². The number of aliphatic hydroxyl groups is 1. The van der Waals surface area contributed by atoms with Crippen molar-refractivity contribution >= 4 is 59.4 Å². The van der Waals surface area contributed by atoms with Crippen LogP contribution >= 0.6 is 22.7 Å². The fraction of sp³-hybridized carbons (Fsp3) is 0.391. The number of nitrogens with zero attached hydrogens (tertiary/aromatic N) is 1. The molecule has 0 aliphatic carbocycles. The van der Waals surface area contributed by atoms with Crippen molar-refractivity contribution in [2.45, 2.75) is 107 Å². The second-order valence-electron chi connectivity index (χ2n) is 15.5. The van der Waals surface area contributed by atoms with Gasteiger partial charge in [0.1, 0.15) is 5.76 Å². The van der Waals surface area contributed by atoms with E-state index in [-0.39, 0.29) is 47.9 Å². The van der Waals surface area contributed by atoms with E-state index in [0.29, 0.717) is 0 Å². The van der Waals surface area contributed by atoms with E-state index in [1.54, 1.807) is 0 Å². The summed E-state index contributed by atoms with van der Waals surface area (Å²) in [5.41, 5.74) is 6.88. The molecule has 0 atom stereocenters. The molecule has 0 saturated heterocycles. The second kappa shape index (κ2) is 16.5. The van der Waals surface area contributed by atoms with Crippen LogP contribution in [-0.2, 0) is 30.3 Å². The first-order valence-electron chi connectivity index (χ1n) is 18.4. The van der Waals surface area contributed by atoms with Crippen molar-refractivity contribution in [3.63, 3.8) is 0 Å². The van der Waals surface area contributed by atoms with Gasteiger partial charge >= 0.3 is 0 Å². The summed E-state index contributed by atoms with van der Waals surface area (Å²) in [5.74, 6) is 0.286. The first kappa shape index (κ1) is 41.6. The first-order chi connectivity index (χ1) is 24.1. The van der Waals surface area contributed by atoms with Crippen LogP contribution in [0, 0.1) is 30.7 Å². The number of rotatable bonds is 9. The molecule has 0 fully saturated rings. The Bertz CT molecular complexity index is 2220. The molecule has 3 nitrogen and oxygen atoms in total. The number of carbonyl (C=O) groups excluding carboxylic acids is 1. The average Bonchev–Trinajstić information content (AvgIpc) is 3.69. The van der Waals surface area contributed by atoms with Crippen LogP contribution in [0.5, 0.6) is 0 Å². The number of benzene rings is 3. The Morgan fingerprint density at radius 2 is 1.46 bits per heavy atom. The molecule has 0 spiro atoms. The van der Waals surface area contributed by atoms with Crippen molar-refractivity contribution in [1.82, 2.24) is 4.98 Å². The summed E-state index contributed by atoms with van der Waals surface area (Å²) in [5, 5.41) is 17.5. The molecule has 0 unspecified atom stereocenters. The maximum Gasteiger partial charge on any atom is 0.164 e. The predicted octanol–water partition coefficient (Wildman–Crippen LogP) is 14.4. The van der Waals surface area contributed by atoms with Crippen LogP contribution in [0.25, 0.3) is 52.6 Å². The summed E-state index contributed by atoms with van der Waals surface area (Å²) in [6.07, 6.45) is 6.71. The third-order valence-electron chi connectivity index (χ3n) is 11.3. The maximum atomic E-state index is 12.2. The smallest absolute Gasteiger partial charge is 0.164 e. The van der Waals surface area contributed by atoms with Crippen LogP contribution < -0.4 is 0 Å². The number of hydrogen-bond donors (Lipinski definition) is 1. The fourth-order valence-electron chi connectivity index (χ4n) is 6.62. The number of aromatic nitrogens is 1. The van der Waals surface area contributed by atoms with Gasteiger partial charge in [0.15, 0.2) is 5.78 Å². The Morgan fingerprint density at radius 3 is 2.10 bits per heavy atom. The van der Waals surface area contributed by atoms with Gasteiger partial charge in [-0.25, -0.2) is 0 Å². The monoisotopic (exact) mass is 909 g/mol. The van der Waals surface area contributed by atoms with Gasteiger partial charge in [-0.05, 0) is 78.3 Å². The van der Waals surface area contributed by atoms with E-state index < -0.39 is 0 Å². The van der Waals surface area contributed by atoms with Gasteiger partial charge in [0, 0.05) is 68.7 Å². The van der Waals surface area contributed by atoms with E-state index in [1.807, 2.05) is 70.4 Å². The molecular weight excluding hydrogens is 855 g/mol. The van der Waals surface area contributed by atoms with Gasteiger partial charge in [0.2, 0.25) is 0 Å². The largest absolute Gasteiger partial charge is 0.512 e. The Hall–Kier alpha value is -3.15. The molecule has 277 valence electrons. The minimum Gasteiger partial charge on any atom is -0.512 e. The number of aliphatic hydroxyl groups excluding tert-OH is 1. The minimum absolute atomic E-state index is 0. The van der Waals surface area contributed by atoms with Gasteiger partial charge < -0.3 is 5.11 Å². The minimum atomic E-state index is -0.337. The zero-order valence-electron chi connectivity index (χ0n) is 32.7. The molecule has 6 heteroatoms. The van der Waals surface area contributed by atoms with E-state index in [4.69, 9.17) is 4.98 Å². The number of allylic oxidation sites excluding steroid dienone is 2. The van der Waals surface area contributed by atoms with Gasteiger partial charge in [0.25, 0.3) is 0 Å². The van der Waals surface area contributed by atoms with E-state index in [0.717, 1.165) is 42.3 Å². The fourth-order valence-corrected chi connectivity index (χ4v) is 9.10. The van der Waals surface area contributed by atoms with Crippen molar-refractivity contribution in [2.24, 2.45) is 10.8 Å². The third-order valence-corrected chi connectivity index (χ3v) is 13.8. The van der Waals surface area contributed by atoms with Gasteiger partial charge in [0.05, 0.1) is 0 Å². The summed E-state index contributed by atoms with van der Waals surface area (Å²) in [6.45, 7) is 23.4. The molecule has 0 saturated carbocycles. The van der Waals surface area contributed by atoms with Crippen molar-refractivity contribution < 1.29 is 30.0 Å². The number of thiophene rings is 2. The van der Waals surface area contributed by atoms with Crippen LogP contribution in [0.1, 0.15) is 105 Å². The molecule has 3 heterocycles. The first-order valence-corrected chi connectivity index (χ1v) is 20.1. The Kier molecular flexibility index (Phi) is 13.2. The normalized spacial score (nSPS) is 12.6. The van der Waals surface area contributed by atoms with Gasteiger partial charge in [-0.3, -0.25) is 9.78 Å². The molecule has 3 aromatic heterocycles. The Labute approximate surface area is 333 Å². The molecule has 3 aromatic carbocycles. The quantitative estimate of drug-likeness (QED) is 0.0893. The zero-order chi connectivity index (χ0) is 37.3. The van der Waals surface area contributed by atoms with Crippen LogP contribution in [0.15, 0.2) is 78.0 Å². The number of ketones is 1. The summed E-state index contributed by atoms with van der Waals surface area (Å²) in [4.78, 5) is 18.4. The maximum absolute atomic E-state index is 12.2. The van der Waals surface area contributed by atoms with Crippen molar-refractivity contribution in [3.8, 4) is 21.7 Å². The van der Waals surface area contributed by atoms with Gasteiger partial charge in [-0.2, -0.15) is 0 Å². The van der Waals surface area contributed by atoms with Crippen molar-refractivity contribution in [3.05, 3.63) is 101 Å².